The molecule has 0 atom stereocenters. The lowest BCUT2D eigenvalue weighted by Crippen LogP contribution is -2.24. The fourth-order valence-electron chi connectivity index (χ4n) is 2.83. The van der Waals surface area contributed by atoms with Crippen molar-refractivity contribution < 1.29 is 4.79 Å². The van der Waals surface area contributed by atoms with E-state index in [-0.39, 0.29) is 11.5 Å². The van der Waals surface area contributed by atoms with Gasteiger partial charge in [0.1, 0.15) is 11.6 Å². The molecule has 2 aromatic carbocycles. The van der Waals surface area contributed by atoms with Gasteiger partial charge >= 0.3 is 0 Å². The molecule has 140 valence electrons. The van der Waals surface area contributed by atoms with Crippen molar-refractivity contribution in [1.29, 1.82) is 5.26 Å². The van der Waals surface area contributed by atoms with Crippen molar-refractivity contribution in [1.82, 2.24) is 9.88 Å². The third kappa shape index (κ3) is 4.49. The smallest absolute Gasteiger partial charge is 0.262 e. The Labute approximate surface area is 165 Å². The average Bonchev–Trinajstić information content (AvgIpc) is 3.19. The van der Waals surface area contributed by atoms with Gasteiger partial charge in [0.25, 0.3) is 5.91 Å². The van der Waals surface area contributed by atoms with Gasteiger partial charge in [-0.2, -0.15) is 5.26 Å². The van der Waals surface area contributed by atoms with Crippen LogP contribution < -0.4 is 10.2 Å². The molecule has 0 saturated carbocycles. The minimum Gasteiger partial charge on any atom is -0.378 e. The summed E-state index contributed by atoms with van der Waals surface area (Å²) in [7, 11) is 3.98. The van der Waals surface area contributed by atoms with E-state index in [4.69, 9.17) is 0 Å². The number of benzene rings is 2. The minimum absolute atomic E-state index is 0.0702. The summed E-state index contributed by atoms with van der Waals surface area (Å²) in [6, 6.07) is 23.5. The van der Waals surface area contributed by atoms with Gasteiger partial charge in [0, 0.05) is 43.9 Å². The summed E-state index contributed by atoms with van der Waals surface area (Å²) in [5, 5.41) is 12.3. The van der Waals surface area contributed by atoms with Gasteiger partial charge < -0.3 is 14.8 Å². The van der Waals surface area contributed by atoms with Crippen LogP contribution in [0.15, 0.2) is 78.5 Å². The van der Waals surface area contributed by atoms with Crippen molar-refractivity contribution >= 4 is 17.7 Å². The van der Waals surface area contributed by atoms with Crippen LogP contribution in [-0.2, 0) is 11.3 Å². The topological polar surface area (TPSA) is 61.1 Å². The second-order valence-corrected chi connectivity index (χ2v) is 6.55. The number of amides is 1. The molecule has 0 aliphatic rings. The number of rotatable bonds is 6. The van der Waals surface area contributed by atoms with E-state index in [2.05, 4.69) is 5.32 Å². The van der Waals surface area contributed by atoms with E-state index in [1.807, 2.05) is 103 Å². The summed E-state index contributed by atoms with van der Waals surface area (Å²) in [5.74, 6) is -0.387. The molecule has 0 saturated heterocycles. The fraction of sp³-hybridized carbons (Fsp3) is 0.130. The van der Waals surface area contributed by atoms with Crippen LogP contribution in [0.3, 0.4) is 0 Å². The molecule has 0 spiro atoms. The highest BCUT2D eigenvalue weighted by atomic mass is 16.1. The van der Waals surface area contributed by atoms with Crippen LogP contribution in [0.1, 0.15) is 11.3 Å². The molecule has 28 heavy (non-hydrogen) atoms. The standard InChI is InChI=1S/C23H22N4O/c1-26(2)20-10-12-21(13-11-20)27-14-6-9-22(27)15-19(16-24)23(28)25-17-18-7-4-3-5-8-18/h3-15H,17H2,1-2H3,(H,25,28)/b19-15-. The molecule has 1 aromatic heterocycles. The molecule has 0 bridgehead atoms. The van der Waals surface area contributed by atoms with Crippen LogP contribution in [0.2, 0.25) is 0 Å². The van der Waals surface area contributed by atoms with Gasteiger partial charge in [-0.15, -0.1) is 0 Å². The number of hydrogen-bond acceptors (Lipinski definition) is 3. The Bertz CT molecular complexity index is 1010. The molecule has 0 fully saturated rings. The summed E-state index contributed by atoms with van der Waals surface area (Å²) in [5.41, 5.74) is 3.89. The molecule has 1 N–H and O–H groups in total. The highest BCUT2D eigenvalue weighted by molar-refractivity contribution is 6.01. The first kappa shape index (κ1) is 19.0. The zero-order valence-electron chi connectivity index (χ0n) is 16.0. The highest BCUT2D eigenvalue weighted by Gasteiger charge is 2.11. The van der Waals surface area contributed by atoms with Crippen LogP contribution in [0.5, 0.6) is 0 Å². The Hall–Kier alpha value is -3.78. The summed E-state index contributed by atoms with van der Waals surface area (Å²) >= 11 is 0. The molecule has 1 heterocycles. The normalized spacial score (nSPS) is 11.0. The third-order valence-electron chi connectivity index (χ3n) is 4.38. The van der Waals surface area contributed by atoms with Gasteiger partial charge in [0.15, 0.2) is 0 Å². The van der Waals surface area contributed by atoms with Crippen molar-refractivity contribution in [3.05, 3.63) is 89.8 Å². The largest absolute Gasteiger partial charge is 0.378 e. The number of nitrogens with zero attached hydrogens (tertiary/aromatic N) is 3. The van der Waals surface area contributed by atoms with E-state index < -0.39 is 0 Å². The van der Waals surface area contributed by atoms with Crippen molar-refractivity contribution in [3.8, 4) is 11.8 Å². The zero-order chi connectivity index (χ0) is 19.9. The van der Waals surface area contributed by atoms with Gasteiger partial charge in [0.05, 0.1) is 0 Å². The fourth-order valence-corrected chi connectivity index (χ4v) is 2.83. The van der Waals surface area contributed by atoms with Crippen LogP contribution >= 0.6 is 0 Å². The Morgan fingerprint density at radius 3 is 2.43 bits per heavy atom. The number of aromatic nitrogens is 1. The summed E-state index contributed by atoms with van der Waals surface area (Å²) in [4.78, 5) is 14.5. The molecule has 0 aliphatic carbocycles. The van der Waals surface area contributed by atoms with Crippen molar-refractivity contribution in [2.45, 2.75) is 6.54 Å². The van der Waals surface area contributed by atoms with Crippen molar-refractivity contribution in [2.75, 3.05) is 19.0 Å². The maximum Gasteiger partial charge on any atom is 0.262 e. The quantitative estimate of drug-likeness (QED) is 0.531. The van der Waals surface area contributed by atoms with Crippen LogP contribution in [0.25, 0.3) is 11.8 Å². The van der Waals surface area contributed by atoms with E-state index in [1.165, 1.54) is 0 Å². The lowest BCUT2D eigenvalue weighted by Gasteiger charge is -2.14. The summed E-state index contributed by atoms with van der Waals surface area (Å²) in [6.07, 6.45) is 3.52. The molecular formula is C23H22N4O. The van der Waals surface area contributed by atoms with Gasteiger partial charge in [-0.25, -0.2) is 0 Å². The first-order chi connectivity index (χ1) is 13.6. The maximum atomic E-state index is 12.4. The SMILES string of the molecule is CN(C)c1ccc(-n2cccc2/C=C(/C#N)C(=O)NCc2ccccc2)cc1. The molecule has 3 rings (SSSR count). The molecular weight excluding hydrogens is 348 g/mol. The van der Waals surface area contributed by atoms with Gasteiger partial charge in [-0.05, 0) is 48.0 Å². The number of anilines is 1. The summed E-state index contributed by atoms with van der Waals surface area (Å²) in [6.45, 7) is 0.381. The van der Waals surface area contributed by atoms with Crippen LogP contribution in [-0.4, -0.2) is 24.6 Å². The number of hydrogen-bond donors (Lipinski definition) is 1. The highest BCUT2D eigenvalue weighted by Crippen LogP contribution is 2.19. The lowest BCUT2D eigenvalue weighted by molar-refractivity contribution is -0.117. The number of carbonyl (C=O) groups is 1. The molecule has 5 heteroatoms. The number of carbonyl (C=O) groups excluding carboxylic acids is 1. The molecule has 3 aromatic rings. The Morgan fingerprint density at radius 1 is 1.07 bits per heavy atom. The second-order valence-electron chi connectivity index (χ2n) is 6.55. The van der Waals surface area contributed by atoms with E-state index in [9.17, 15) is 10.1 Å². The van der Waals surface area contributed by atoms with E-state index in [1.54, 1.807) is 6.08 Å². The number of nitrogens with one attached hydrogen (secondary N) is 1. The maximum absolute atomic E-state index is 12.4. The molecule has 5 nitrogen and oxygen atoms in total. The molecule has 0 radical (unpaired) electrons. The van der Waals surface area contributed by atoms with Crippen LogP contribution in [0.4, 0.5) is 5.69 Å². The van der Waals surface area contributed by atoms with Crippen molar-refractivity contribution in [3.63, 3.8) is 0 Å². The van der Waals surface area contributed by atoms with E-state index in [0.29, 0.717) is 6.54 Å². The monoisotopic (exact) mass is 370 g/mol. The van der Waals surface area contributed by atoms with Crippen molar-refractivity contribution in [2.24, 2.45) is 0 Å². The summed E-state index contributed by atoms with van der Waals surface area (Å²) < 4.78 is 1.95. The predicted molar refractivity (Wildman–Crippen MR) is 112 cm³/mol. The van der Waals surface area contributed by atoms with Gasteiger partial charge in [-0.3, -0.25) is 4.79 Å². The van der Waals surface area contributed by atoms with Gasteiger partial charge in [0.2, 0.25) is 0 Å². The average molecular weight is 370 g/mol. The first-order valence-corrected chi connectivity index (χ1v) is 8.97. The molecule has 1 amide bonds. The Kier molecular flexibility index (Phi) is 5.93. The molecule has 0 aliphatic heterocycles. The molecule has 0 unspecified atom stereocenters. The lowest BCUT2D eigenvalue weighted by atomic mass is 10.2. The first-order valence-electron chi connectivity index (χ1n) is 8.97. The van der Waals surface area contributed by atoms with Gasteiger partial charge in [-0.1, -0.05) is 30.3 Å². The zero-order valence-corrected chi connectivity index (χ0v) is 16.0. The minimum atomic E-state index is -0.387. The van der Waals surface area contributed by atoms with E-state index >= 15 is 0 Å². The van der Waals surface area contributed by atoms with Crippen LogP contribution in [0, 0.1) is 11.3 Å². The second kappa shape index (κ2) is 8.74. The van der Waals surface area contributed by atoms with E-state index in [0.717, 1.165) is 22.6 Å². The Morgan fingerprint density at radius 2 is 1.79 bits per heavy atom. The Balaban J connectivity index is 1.79. The third-order valence-corrected chi connectivity index (χ3v) is 4.38. The number of nitriles is 1. The predicted octanol–water partition coefficient (Wildman–Crippen LogP) is 3.77.